The molecular weight excluding hydrogens is 472 g/mol. The summed E-state index contributed by atoms with van der Waals surface area (Å²) in [6.07, 6.45) is 1.31. The number of hydrogen-bond acceptors (Lipinski definition) is 6. The van der Waals surface area contributed by atoms with Gasteiger partial charge in [-0.15, -0.1) is 0 Å². The molecule has 6 nitrogen and oxygen atoms in total. The van der Waals surface area contributed by atoms with Gasteiger partial charge in [-0.1, -0.05) is 31.9 Å². The van der Waals surface area contributed by atoms with Gasteiger partial charge in [-0.05, 0) is 43.5 Å². The molecule has 0 radical (unpaired) electrons. The molecular formula is C18H14Br2O6. The van der Waals surface area contributed by atoms with Crippen LogP contribution in [-0.2, 0) is 9.59 Å². The maximum Gasteiger partial charge on any atom is 0.328 e. The van der Waals surface area contributed by atoms with Gasteiger partial charge in [-0.3, -0.25) is 9.59 Å². The van der Waals surface area contributed by atoms with E-state index in [9.17, 15) is 19.8 Å². The summed E-state index contributed by atoms with van der Waals surface area (Å²) < 4.78 is 11.7. The fourth-order valence-electron chi connectivity index (χ4n) is 2.65. The molecule has 26 heavy (non-hydrogen) atoms. The van der Waals surface area contributed by atoms with Crippen molar-refractivity contribution in [3.63, 3.8) is 0 Å². The number of phenols is 2. The van der Waals surface area contributed by atoms with Crippen LogP contribution >= 0.6 is 31.9 Å². The quantitative estimate of drug-likeness (QED) is 0.381. The second-order valence-electron chi connectivity index (χ2n) is 6.00. The third-order valence-corrected chi connectivity index (χ3v) is 5.04. The van der Waals surface area contributed by atoms with Crippen molar-refractivity contribution in [2.75, 3.05) is 0 Å². The van der Waals surface area contributed by atoms with E-state index in [1.165, 1.54) is 36.4 Å². The van der Waals surface area contributed by atoms with Crippen LogP contribution < -0.4 is 9.47 Å². The van der Waals surface area contributed by atoms with Gasteiger partial charge >= 0.3 is 11.9 Å². The fraction of sp³-hybridized carbons (Fsp3) is 0.222. The van der Waals surface area contributed by atoms with E-state index in [4.69, 9.17) is 9.47 Å². The molecule has 0 amide bonds. The monoisotopic (exact) mass is 484 g/mol. The third-order valence-electron chi connectivity index (χ3n) is 4.12. The Morgan fingerprint density at radius 3 is 1.54 bits per heavy atom. The highest BCUT2D eigenvalue weighted by Gasteiger charge is 2.54. The molecule has 3 rings (SSSR count). The molecule has 2 aromatic rings. The summed E-state index contributed by atoms with van der Waals surface area (Å²) in [6.45, 7) is 0. The van der Waals surface area contributed by atoms with Gasteiger partial charge in [0.1, 0.15) is 23.0 Å². The van der Waals surface area contributed by atoms with Crippen LogP contribution in [0.5, 0.6) is 23.0 Å². The van der Waals surface area contributed by atoms with Gasteiger partial charge < -0.3 is 19.7 Å². The number of phenolic OH excluding ortho intramolecular Hbond substituents is 2. The first-order valence-corrected chi connectivity index (χ1v) is 9.31. The van der Waals surface area contributed by atoms with Crippen LogP contribution in [-0.4, -0.2) is 22.2 Å². The van der Waals surface area contributed by atoms with Gasteiger partial charge in [-0.25, -0.2) is 0 Å². The normalized spacial score (nSPS) is 15.0. The molecule has 2 N–H and O–H groups in total. The van der Waals surface area contributed by atoms with Crippen LogP contribution in [0, 0.1) is 5.41 Å². The van der Waals surface area contributed by atoms with Gasteiger partial charge in [0.05, 0.1) is 0 Å². The molecule has 136 valence electrons. The van der Waals surface area contributed by atoms with Gasteiger partial charge in [0.15, 0.2) is 5.41 Å². The van der Waals surface area contributed by atoms with Crippen molar-refractivity contribution < 1.29 is 29.3 Å². The Kier molecular flexibility index (Phi) is 5.24. The van der Waals surface area contributed by atoms with E-state index in [2.05, 4.69) is 31.9 Å². The third kappa shape index (κ3) is 3.86. The Morgan fingerprint density at radius 2 is 1.23 bits per heavy atom. The molecule has 0 bridgehead atoms. The zero-order chi connectivity index (χ0) is 18.9. The van der Waals surface area contributed by atoms with E-state index in [-0.39, 0.29) is 23.0 Å². The van der Waals surface area contributed by atoms with E-state index in [0.29, 0.717) is 28.2 Å². The van der Waals surface area contributed by atoms with Crippen LogP contribution in [0.1, 0.15) is 19.3 Å². The van der Waals surface area contributed by atoms with E-state index >= 15 is 0 Å². The highest BCUT2D eigenvalue weighted by Crippen LogP contribution is 2.44. The highest BCUT2D eigenvalue weighted by molar-refractivity contribution is 9.10. The lowest BCUT2D eigenvalue weighted by atomic mass is 9.69. The molecule has 1 saturated carbocycles. The van der Waals surface area contributed by atoms with Crippen LogP contribution in [0.25, 0.3) is 0 Å². The number of carbonyl (C=O) groups is 2. The lowest BCUT2D eigenvalue weighted by molar-refractivity contribution is -0.167. The number of rotatable bonds is 4. The zero-order valence-electron chi connectivity index (χ0n) is 13.4. The maximum absolute atomic E-state index is 12.6. The Balaban J connectivity index is 1.78. The first-order chi connectivity index (χ1) is 12.3. The number of aromatic hydroxyl groups is 2. The van der Waals surface area contributed by atoms with Crippen LogP contribution in [0.4, 0.5) is 0 Å². The predicted molar refractivity (Wildman–Crippen MR) is 99.2 cm³/mol. The number of ether oxygens (including phenoxy) is 2. The van der Waals surface area contributed by atoms with Gasteiger partial charge in [0.25, 0.3) is 0 Å². The van der Waals surface area contributed by atoms with Gasteiger partial charge in [0.2, 0.25) is 0 Å². The molecule has 0 aliphatic heterocycles. The largest absolute Gasteiger partial charge is 0.508 e. The van der Waals surface area contributed by atoms with Crippen LogP contribution in [0.2, 0.25) is 0 Å². The summed E-state index contributed by atoms with van der Waals surface area (Å²) in [5.74, 6) is -1.35. The number of hydrogen-bond donors (Lipinski definition) is 2. The smallest absolute Gasteiger partial charge is 0.328 e. The summed E-state index contributed by atoms with van der Waals surface area (Å²) in [7, 11) is 0. The topological polar surface area (TPSA) is 93.1 Å². The summed E-state index contributed by atoms with van der Waals surface area (Å²) in [6, 6.07) is 8.50. The molecule has 0 spiro atoms. The second-order valence-corrected chi connectivity index (χ2v) is 7.84. The summed E-state index contributed by atoms with van der Waals surface area (Å²) in [4.78, 5) is 25.3. The molecule has 1 aliphatic rings. The minimum atomic E-state index is -1.39. The molecule has 8 heteroatoms. The van der Waals surface area contributed by atoms with E-state index in [1.54, 1.807) is 0 Å². The Morgan fingerprint density at radius 1 is 0.808 bits per heavy atom. The lowest BCUT2D eigenvalue weighted by Gasteiger charge is -2.36. The first-order valence-electron chi connectivity index (χ1n) is 7.72. The minimum absolute atomic E-state index is 0.0722. The fourth-order valence-corrected chi connectivity index (χ4v) is 3.57. The molecule has 0 heterocycles. The van der Waals surface area contributed by atoms with Crippen molar-refractivity contribution in [3.05, 3.63) is 45.3 Å². The Labute approximate surface area is 166 Å². The molecule has 2 aromatic carbocycles. The van der Waals surface area contributed by atoms with Crippen LogP contribution in [0.15, 0.2) is 45.3 Å². The summed E-state index contributed by atoms with van der Waals surface area (Å²) in [5.41, 5.74) is -1.39. The van der Waals surface area contributed by atoms with Crippen molar-refractivity contribution in [3.8, 4) is 23.0 Å². The van der Waals surface area contributed by atoms with Gasteiger partial charge in [-0.2, -0.15) is 0 Å². The number of halogens is 2. The Bertz CT molecular complexity index is 768. The maximum atomic E-state index is 12.6. The van der Waals surface area contributed by atoms with Gasteiger partial charge in [0, 0.05) is 21.1 Å². The van der Waals surface area contributed by atoms with Crippen molar-refractivity contribution in [2.45, 2.75) is 19.3 Å². The predicted octanol–water partition coefficient (Wildman–Crippen LogP) is 4.30. The van der Waals surface area contributed by atoms with Crippen molar-refractivity contribution in [1.82, 2.24) is 0 Å². The highest BCUT2D eigenvalue weighted by atomic mass is 79.9. The van der Waals surface area contributed by atoms with E-state index < -0.39 is 17.4 Å². The number of esters is 2. The molecule has 1 fully saturated rings. The number of benzene rings is 2. The molecule has 1 aliphatic carbocycles. The Hall–Kier alpha value is -2.06. The van der Waals surface area contributed by atoms with Crippen molar-refractivity contribution in [1.29, 1.82) is 0 Å². The molecule has 0 unspecified atom stereocenters. The summed E-state index contributed by atoms with van der Waals surface area (Å²) in [5, 5.41) is 19.2. The second kappa shape index (κ2) is 7.28. The van der Waals surface area contributed by atoms with E-state index in [1.807, 2.05) is 0 Å². The average Bonchev–Trinajstić information content (AvgIpc) is 2.43. The van der Waals surface area contributed by atoms with Crippen molar-refractivity contribution in [2.24, 2.45) is 5.41 Å². The molecule has 0 atom stereocenters. The minimum Gasteiger partial charge on any atom is -0.508 e. The van der Waals surface area contributed by atoms with Crippen LogP contribution in [0.3, 0.4) is 0 Å². The van der Waals surface area contributed by atoms with E-state index in [0.717, 1.165) is 0 Å². The lowest BCUT2D eigenvalue weighted by Crippen LogP contribution is -2.49. The van der Waals surface area contributed by atoms with Crippen molar-refractivity contribution >= 4 is 43.8 Å². The average molecular weight is 486 g/mol. The first kappa shape index (κ1) is 18.7. The SMILES string of the molecule is O=C(Oc1cc(O)cc(Br)c1)C1(C(=O)Oc2cc(O)cc(Br)c2)CCC1. The molecule has 0 saturated heterocycles. The standard InChI is InChI=1S/C18H14Br2O6/c19-10-4-12(21)8-14(6-10)25-16(23)18(2-1-3-18)17(24)26-15-7-11(20)5-13(22)9-15/h4-9,21-22H,1-3H2. The number of carbonyl (C=O) groups excluding carboxylic acids is 2. The zero-order valence-corrected chi connectivity index (χ0v) is 16.5. The molecule has 0 aromatic heterocycles. The summed E-state index contributed by atoms with van der Waals surface area (Å²) >= 11 is 6.40.